The van der Waals surface area contributed by atoms with Crippen LogP contribution in [0.2, 0.25) is 0 Å². The minimum Gasteiger partial charge on any atom is -0.393 e. The Kier molecular flexibility index (Phi) is 2.04. The molecule has 3 nitrogen and oxygen atoms in total. The Morgan fingerprint density at radius 1 is 1.60 bits per heavy atom. The maximum Gasteiger partial charge on any atom is 0.316 e. The second kappa shape index (κ2) is 2.82. The van der Waals surface area contributed by atoms with Gasteiger partial charge in [-0.1, -0.05) is 6.92 Å². The van der Waals surface area contributed by atoms with Crippen molar-refractivity contribution >= 4 is 11.9 Å². The maximum atomic E-state index is 10.8. The Morgan fingerprint density at radius 3 is 2.80 bits per heavy atom. The molecule has 0 aliphatic carbocycles. The van der Waals surface area contributed by atoms with E-state index in [1.807, 2.05) is 6.92 Å². The third-order valence-electron chi connectivity index (χ3n) is 1.74. The number of hydrogen-bond acceptors (Lipinski definition) is 3. The Bertz CT molecular complexity index is 162. The van der Waals surface area contributed by atoms with Crippen molar-refractivity contribution in [2.24, 2.45) is 5.92 Å². The van der Waals surface area contributed by atoms with E-state index in [1.165, 1.54) is 0 Å². The van der Waals surface area contributed by atoms with Crippen molar-refractivity contribution in [3.8, 4) is 0 Å². The number of rotatable bonds is 1. The van der Waals surface area contributed by atoms with Gasteiger partial charge in [0.1, 0.15) is 0 Å². The molecule has 0 spiro atoms. The van der Waals surface area contributed by atoms with Crippen LogP contribution in [0.15, 0.2) is 0 Å². The monoisotopic (exact) mass is 142 g/mol. The molecule has 1 atom stereocenters. The molecule has 1 saturated heterocycles. The summed E-state index contributed by atoms with van der Waals surface area (Å²) in [5.41, 5.74) is 0. The van der Waals surface area contributed by atoms with Crippen molar-refractivity contribution in [3.63, 3.8) is 0 Å². The Labute approximate surface area is 59.4 Å². The van der Waals surface area contributed by atoms with E-state index in [-0.39, 0.29) is 17.9 Å². The van der Waals surface area contributed by atoms with Gasteiger partial charge in [0.15, 0.2) is 0 Å². The van der Waals surface area contributed by atoms with Crippen molar-refractivity contribution in [2.75, 3.05) is 0 Å². The fourth-order valence-electron chi connectivity index (χ4n) is 1.03. The van der Waals surface area contributed by atoms with Gasteiger partial charge in [0.25, 0.3) is 0 Å². The van der Waals surface area contributed by atoms with Crippen LogP contribution in [-0.2, 0) is 14.3 Å². The van der Waals surface area contributed by atoms with Gasteiger partial charge in [-0.15, -0.1) is 0 Å². The summed E-state index contributed by atoms with van der Waals surface area (Å²) in [5, 5.41) is 0. The van der Waals surface area contributed by atoms with Gasteiger partial charge in [-0.3, -0.25) is 9.59 Å². The summed E-state index contributed by atoms with van der Waals surface area (Å²) < 4.78 is 4.41. The maximum absolute atomic E-state index is 10.8. The quantitative estimate of drug-likeness (QED) is 0.403. The normalized spacial score (nSPS) is 26.3. The van der Waals surface area contributed by atoms with Gasteiger partial charge in [0.2, 0.25) is 0 Å². The van der Waals surface area contributed by atoms with Gasteiger partial charge in [-0.25, -0.2) is 0 Å². The van der Waals surface area contributed by atoms with Crippen molar-refractivity contribution in [1.29, 1.82) is 0 Å². The first-order valence-electron chi connectivity index (χ1n) is 3.48. The van der Waals surface area contributed by atoms with Crippen molar-refractivity contribution < 1.29 is 14.3 Å². The Balaban J connectivity index is 2.51. The van der Waals surface area contributed by atoms with Crippen LogP contribution in [0.4, 0.5) is 0 Å². The number of carbonyl (C=O) groups excluding carboxylic acids is 2. The Hall–Kier alpha value is -0.860. The van der Waals surface area contributed by atoms with Gasteiger partial charge in [0, 0.05) is 6.42 Å². The minimum atomic E-state index is -0.380. The van der Waals surface area contributed by atoms with Crippen molar-refractivity contribution in [1.82, 2.24) is 0 Å². The molecule has 1 aliphatic heterocycles. The summed E-state index contributed by atoms with van der Waals surface area (Å²) in [6.07, 6.45) is 1.82. The summed E-state index contributed by atoms with van der Waals surface area (Å²) in [7, 11) is 0. The second-order valence-corrected chi connectivity index (χ2v) is 2.44. The van der Waals surface area contributed by atoms with Crippen LogP contribution in [0.25, 0.3) is 0 Å². The van der Waals surface area contributed by atoms with Crippen molar-refractivity contribution in [3.05, 3.63) is 0 Å². The molecule has 0 radical (unpaired) electrons. The molecule has 56 valence electrons. The Morgan fingerprint density at radius 2 is 2.30 bits per heavy atom. The highest BCUT2D eigenvalue weighted by Crippen LogP contribution is 2.18. The van der Waals surface area contributed by atoms with E-state index in [2.05, 4.69) is 4.74 Å². The van der Waals surface area contributed by atoms with Gasteiger partial charge in [-0.2, -0.15) is 0 Å². The van der Waals surface area contributed by atoms with Crippen LogP contribution in [-0.4, -0.2) is 11.9 Å². The lowest BCUT2D eigenvalue weighted by molar-refractivity contribution is -0.167. The predicted molar refractivity (Wildman–Crippen MR) is 34.1 cm³/mol. The highest BCUT2D eigenvalue weighted by atomic mass is 16.6. The van der Waals surface area contributed by atoms with Crippen molar-refractivity contribution in [2.45, 2.75) is 26.2 Å². The van der Waals surface area contributed by atoms with Crippen LogP contribution in [0.1, 0.15) is 26.2 Å². The zero-order valence-electron chi connectivity index (χ0n) is 5.92. The van der Waals surface area contributed by atoms with E-state index in [9.17, 15) is 9.59 Å². The van der Waals surface area contributed by atoms with E-state index >= 15 is 0 Å². The fraction of sp³-hybridized carbons (Fsp3) is 0.714. The lowest BCUT2D eigenvalue weighted by Gasteiger charge is -2.16. The number of ether oxygens (including phenoxy) is 1. The van der Waals surface area contributed by atoms with E-state index in [0.29, 0.717) is 12.8 Å². The molecule has 1 fully saturated rings. The average molecular weight is 142 g/mol. The SMILES string of the molecule is CCC1CCC(=O)OC1=O. The molecule has 1 rings (SSSR count). The highest BCUT2D eigenvalue weighted by Gasteiger charge is 2.26. The molecule has 0 amide bonds. The second-order valence-electron chi connectivity index (χ2n) is 2.44. The number of hydrogen-bond donors (Lipinski definition) is 0. The fourth-order valence-corrected chi connectivity index (χ4v) is 1.03. The van der Waals surface area contributed by atoms with Crippen LogP contribution in [0.3, 0.4) is 0 Å². The number of carbonyl (C=O) groups is 2. The third kappa shape index (κ3) is 1.35. The molecule has 0 N–H and O–H groups in total. The molecule has 1 unspecified atom stereocenters. The van der Waals surface area contributed by atoms with Crippen LogP contribution < -0.4 is 0 Å². The molecular formula is C7H10O3. The zero-order chi connectivity index (χ0) is 7.56. The molecule has 1 aliphatic rings. The predicted octanol–water partition coefficient (Wildman–Crippen LogP) is 0.876. The minimum absolute atomic E-state index is 0.0438. The van der Waals surface area contributed by atoms with Crippen LogP contribution in [0, 0.1) is 5.92 Å². The first-order valence-corrected chi connectivity index (χ1v) is 3.48. The van der Waals surface area contributed by atoms with Gasteiger partial charge in [0.05, 0.1) is 5.92 Å². The summed E-state index contributed by atoms with van der Waals surface area (Å²) in [6, 6.07) is 0. The van der Waals surface area contributed by atoms with E-state index in [4.69, 9.17) is 0 Å². The largest absolute Gasteiger partial charge is 0.393 e. The first kappa shape index (κ1) is 7.25. The first-order chi connectivity index (χ1) is 4.74. The van der Waals surface area contributed by atoms with Crippen LogP contribution in [0.5, 0.6) is 0 Å². The lowest BCUT2D eigenvalue weighted by Crippen LogP contribution is -2.26. The zero-order valence-corrected chi connectivity index (χ0v) is 5.92. The van der Waals surface area contributed by atoms with Gasteiger partial charge in [-0.05, 0) is 12.8 Å². The smallest absolute Gasteiger partial charge is 0.316 e. The van der Waals surface area contributed by atoms with Gasteiger partial charge >= 0.3 is 11.9 Å². The van der Waals surface area contributed by atoms with E-state index in [1.54, 1.807) is 0 Å². The molecule has 3 heteroatoms. The molecule has 1 heterocycles. The third-order valence-corrected chi connectivity index (χ3v) is 1.74. The highest BCUT2D eigenvalue weighted by molar-refractivity contribution is 5.89. The lowest BCUT2D eigenvalue weighted by atomic mass is 9.99. The summed E-state index contributed by atoms with van der Waals surface area (Å²) in [6.45, 7) is 1.92. The molecule has 10 heavy (non-hydrogen) atoms. The van der Waals surface area contributed by atoms with Gasteiger partial charge < -0.3 is 4.74 Å². The van der Waals surface area contributed by atoms with E-state index < -0.39 is 0 Å². The molecule has 0 aromatic rings. The summed E-state index contributed by atoms with van der Waals surface area (Å²) in [5.74, 6) is -0.772. The summed E-state index contributed by atoms with van der Waals surface area (Å²) >= 11 is 0. The topological polar surface area (TPSA) is 43.4 Å². The summed E-state index contributed by atoms with van der Waals surface area (Å²) in [4.78, 5) is 21.3. The average Bonchev–Trinajstić information content (AvgIpc) is 1.88. The molecule has 0 bridgehead atoms. The molecule has 0 saturated carbocycles. The molecule has 0 aromatic heterocycles. The van der Waals surface area contributed by atoms with Crippen LogP contribution >= 0.6 is 0 Å². The number of esters is 2. The molecular weight excluding hydrogens is 132 g/mol. The number of cyclic esters (lactones) is 2. The van der Waals surface area contributed by atoms with E-state index in [0.717, 1.165) is 6.42 Å². The standard InChI is InChI=1S/C7H10O3/c1-2-5-3-4-6(8)10-7(5)9/h5H,2-4H2,1H3. The molecule has 0 aromatic carbocycles.